The summed E-state index contributed by atoms with van der Waals surface area (Å²) < 4.78 is 5.18. The first kappa shape index (κ1) is 17.7. The third-order valence-electron chi connectivity index (χ3n) is 3.61. The Hall–Kier alpha value is -2.60. The molecule has 0 aliphatic carbocycles. The predicted octanol–water partition coefficient (Wildman–Crippen LogP) is 2.06. The fourth-order valence-electron chi connectivity index (χ4n) is 2.40. The number of nitrogens with zero attached hydrogens (tertiary/aromatic N) is 3. The number of hydrogen-bond acceptors (Lipinski definition) is 6. The van der Waals surface area contributed by atoms with Gasteiger partial charge in [-0.2, -0.15) is 0 Å². The number of allylic oxidation sites excluding steroid dienone is 2. The van der Waals surface area contributed by atoms with Crippen LogP contribution >= 0.6 is 0 Å². The fourth-order valence-corrected chi connectivity index (χ4v) is 2.40. The van der Waals surface area contributed by atoms with Crippen LogP contribution in [0.5, 0.6) is 0 Å². The average Bonchev–Trinajstić information content (AvgIpc) is 2.94. The molecule has 6 nitrogen and oxygen atoms in total. The van der Waals surface area contributed by atoms with Crippen LogP contribution in [-0.2, 0) is 11.3 Å². The lowest BCUT2D eigenvalue weighted by Crippen LogP contribution is -2.26. The highest BCUT2D eigenvalue weighted by Crippen LogP contribution is 2.20. The van der Waals surface area contributed by atoms with E-state index in [4.69, 9.17) is 10.5 Å². The molecule has 24 heavy (non-hydrogen) atoms. The maximum Gasteiger partial charge on any atom is 0.116 e. The Labute approximate surface area is 143 Å². The number of aromatic nitrogens is 1. The molecule has 1 aliphatic heterocycles. The number of rotatable bonds is 7. The molecule has 1 aromatic rings. The molecule has 128 valence electrons. The first-order chi connectivity index (χ1) is 11.5. The van der Waals surface area contributed by atoms with Gasteiger partial charge in [-0.1, -0.05) is 12.6 Å². The molecule has 0 amide bonds. The average molecular weight is 327 g/mol. The predicted molar refractivity (Wildman–Crippen MR) is 97.0 cm³/mol. The van der Waals surface area contributed by atoms with Gasteiger partial charge in [0, 0.05) is 31.7 Å². The summed E-state index contributed by atoms with van der Waals surface area (Å²) in [6, 6.07) is 4.08. The summed E-state index contributed by atoms with van der Waals surface area (Å²) in [6.45, 7) is 9.71. The number of aliphatic imine (C=N–C) groups is 1. The molecule has 0 saturated heterocycles. The van der Waals surface area contributed by atoms with Crippen LogP contribution in [0.3, 0.4) is 0 Å². The summed E-state index contributed by atoms with van der Waals surface area (Å²) in [5.41, 5.74) is 10.5. The Kier molecular flexibility index (Phi) is 6.14. The van der Waals surface area contributed by atoms with E-state index in [1.165, 1.54) is 0 Å². The highest BCUT2D eigenvalue weighted by molar-refractivity contribution is 6.10. The maximum atomic E-state index is 5.65. The van der Waals surface area contributed by atoms with Crippen LogP contribution in [0.25, 0.3) is 0 Å². The van der Waals surface area contributed by atoms with E-state index >= 15 is 0 Å². The molecule has 3 N–H and O–H groups in total. The molecule has 1 aliphatic rings. The van der Waals surface area contributed by atoms with Crippen molar-refractivity contribution in [1.82, 2.24) is 15.2 Å². The molecule has 0 saturated carbocycles. The summed E-state index contributed by atoms with van der Waals surface area (Å²) >= 11 is 0. The summed E-state index contributed by atoms with van der Waals surface area (Å²) in [4.78, 5) is 10.8. The first-order valence-electron chi connectivity index (χ1n) is 7.84. The molecule has 0 fully saturated rings. The van der Waals surface area contributed by atoms with Gasteiger partial charge in [0.2, 0.25) is 0 Å². The summed E-state index contributed by atoms with van der Waals surface area (Å²) in [5.74, 6) is 0.286. The second kappa shape index (κ2) is 8.31. The monoisotopic (exact) mass is 327 g/mol. The van der Waals surface area contributed by atoms with Crippen molar-refractivity contribution in [2.45, 2.75) is 20.4 Å². The first-order valence-corrected chi connectivity index (χ1v) is 7.84. The van der Waals surface area contributed by atoms with Crippen molar-refractivity contribution >= 4 is 5.71 Å². The molecule has 2 rings (SSSR count). The Morgan fingerprint density at radius 1 is 1.46 bits per heavy atom. The summed E-state index contributed by atoms with van der Waals surface area (Å²) in [5, 5.41) is 3.41. The number of aryl methyl sites for hydroxylation is 1. The van der Waals surface area contributed by atoms with E-state index in [1.54, 1.807) is 7.11 Å². The molecule has 2 heterocycles. The largest absolute Gasteiger partial charge is 0.384 e. The van der Waals surface area contributed by atoms with Crippen LogP contribution in [-0.4, -0.2) is 35.9 Å². The van der Waals surface area contributed by atoms with E-state index in [9.17, 15) is 0 Å². The Bertz CT molecular complexity index is 673. The molecule has 0 spiro atoms. The van der Waals surface area contributed by atoms with E-state index < -0.39 is 0 Å². The van der Waals surface area contributed by atoms with Gasteiger partial charge in [0.25, 0.3) is 0 Å². The molecular weight excluding hydrogens is 302 g/mol. The minimum absolute atomic E-state index is 0.286. The fraction of sp³-hybridized carbons (Fsp3) is 0.333. The second-order valence-corrected chi connectivity index (χ2v) is 5.64. The molecular formula is C18H25N5O. The second-order valence-electron chi connectivity index (χ2n) is 5.64. The van der Waals surface area contributed by atoms with Gasteiger partial charge < -0.3 is 20.7 Å². The van der Waals surface area contributed by atoms with E-state index in [2.05, 4.69) is 32.8 Å². The minimum atomic E-state index is 0.286. The molecule has 1 aromatic heterocycles. The lowest BCUT2D eigenvalue weighted by Gasteiger charge is -2.21. The van der Waals surface area contributed by atoms with Gasteiger partial charge >= 0.3 is 0 Å². The quantitative estimate of drug-likeness (QED) is 0.802. The van der Waals surface area contributed by atoms with Gasteiger partial charge in [0.15, 0.2) is 0 Å². The zero-order chi connectivity index (χ0) is 17.5. The molecule has 0 bridgehead atoms. The zero-order valence-electron chi connectivity index (χ0n) is 14.5. The van der Waals surface area contributed by atoms with Gasteiger partial charge in [0.05, 0.1) is 30.3 Å². The van der Waals surface area contributed by atoms with Gasteiger partial charge in [-0.05, 0) is 31.6 Å². The van der Waals surface area contributed by atoms with Crippen LogP contribution in [0.1, 0.15) is 18.2 Å². The molecule has 0 radical (unpaired) electrons. The normalized spacial score (nSPS) is 17.5. The highest BCUT2D eigenvalue weighted by atomic mass is 16.5. The topological polar surface area (TPSA) is 75.8 Å². The van der Waals surface area contributed by atoms with Crippen molar-refractivity contribution in [3.8, 4) is 0 Å². The van der Waals surface area contributed by atoms with Gasteiger partial charge in [-0.3, -0.25) is 4.98 Å². The number of nitrogens with two attached hydrogens (primary N) is 1. The highest BCUT2D eigenvalue weighted by Gasteiger charge is 2.21. The number of methoxy groups -OCH3 is 1. The van der Waals surface area contributed by atoms with Crippen LogP contribution in [0.15, 0.2) is 59.4 Å². The van der Waals surface area contributed by atoms with E-state index in [0.29, 0.717) is 13.2 Å². The summed E-state index contributed by atoms with van der Waals surface area (Å²) in [7, 11) is 1.69. The van der Waals surface area contributed by atoms with Crippen molar-refractivity contribution in [3.63, 3.8) is 0 Å². The van der Waals surface area contributed by atoms with Crippen molar-refractivity contribution in [2.24, 2.45) is 10.7 Å². The van der Waals surface area contributed by atoms with Gasteiger partial charge in [0.1, 0.15) is 5.82 Å². The zero-order valence-corrected chi connectivity index (χ0v) is 14.5. The minimum Gasteiger partial charge on any atom is -0.384 e. The van der Waals surface area contributed by atoms with Crippen LogP contribution in [0, 0.1) is 6.92 Å². The smallest absolute Gasteiger partial charge is 0.116 e. The lowest BCUT2D eigenvalue weighted by atomic mass is 10.2. The van der Waals surface area contributed by atoms with Gasteiger partial charge in [-0.15, -0.1) is 0 Å². The van der Waals surface area contributed by atoms with Crippen molar-refractivity contribution in [3.05, 3.63) is 65.7 Å². The molecule has 0 atom stereocenters. The Morgan fingerprint density at radius 3 is 2.88 bits per heavy atom. The molecule has 0 unspecified atom stereocenters. The third kappa shape index (κ3) is 4.70. The van der Waals surface area contributed by atoms with E-state index in [-0.39, 0.29) is 5.82 Å². The Balaban J connectivity index is 2.18. The summed E-state index contributed by atoms with van der Waals surface area (Å²) in [6.07, 6.45) is 5.77. The SMILES string of the molecule is C=C(N)/N=C1/C=CN(CCOC)/C1=C(/C)NCc1ccc(C)cn1. The van der Waals surface area contributed by atoms with Crippen molar-refractivity contribution in [1.29, 1.82) is 0 Å². The maximum absolute atomic E-state index is 5.65. The third-order valence-corrected chi connectivity index (χ3v) is 3.61. The number of ether oxygens (including phenoxy) is 1. The Morgan fingerprint density at radius 2 is 2.25 bits per heavy atom. The number of hydrogen-bond donors (Lipinski definition) is 2. The number of nitrogens with one attached hydrogen (secondary N) is 1. The van der Waals surface area contributed by atoms with Gasteiger partial charge in [-0.25, -0.2) is 4.99 Å². The van der Waals surface area contributed by atoms with Crippen molar-refractivity contribution in [2.75, 3.05) is 20.3 Å². The lowest BCUT2D eigenvalue weighted by molar-refractivity contribution is 0.181. The van der Waals surface area contributed by atoms with Crippen LogP contribution in [0.4, 0.5) is 0 Å². The van der Waals surface area contributed by atoms with E-state index in [0.717, 1.165) is 34.9 Å². The number of pyridine rings is 1. The standard InChI is InChI=1S/C18H25N5O/c1-13-5-6-16(21-11-13)12-20-14(2)18-17(22-15(3)19)7-8-23(18)9-10-24-4/h5-8,11,20H,3,9-10,12,19H2,1-2,4H3/b18-14-,22-17-. The molecule has 0 aromatic carbocycles. The van der Waals surface area contributed by atoms with Crippen LogP contribution < -0.4 is 11.1 Å². The van der Waals surface area contributed by atoms with Crippen LogP contribution in [0.2, 0.25) is 0 Å². The molecule has 6 heteroatoms. The van der Waals surface area contributed by atoms with E-state index in [1.807, 2.05) is 38.4 Å². The van der Waals surface area contributed by atoms with Crippen molar-refractivity contribution < 1.29 is 4.74 Å².